The van der Waals surface area contributed by atoms with Gasteiger partial charge >= 0.3 is 0 Å². The highest BCUT2D eigenvalue weighted by atomic mass is 35.5. The molecule has 2 fully saturated rings. The molecule has 2 atom stereocenters. The summed E-state index contributed by atoms with van der Waals surface area (Å²) >= 11 is 6.39. The van der Waals surface area contributed by atoms with Gasteiger partial charge in [-0.3, -0.25) is 9.25 Å². The number of aromatic nitrogens is 6. The minimum Gasteiger partial charge on any atom is -0.358 e. The first-order valence-corrected chi connectivity index (χ1v) is 11.9. The standard InChI is InChI=1S/C22H31ClN8O/c1-13(2)31-11-16(19(23)28-31)25-22-26-20(29(4)14(3)15-8-9-15)18-21(27-22)30(12-24-18)17-7-5-6-10-32-17/h11-15,17H,5-10H2,1-4H3,(H,25,26,27). The van der Waals surface area contributed by atoms with Crippen LogP contribution in [0.3, 0.4) is 0 Å². The number of hydrogen-bond donors (Lipinski definition) is 1. The van der Waals surface area contributed by atoms with Gasteiger partial charge in [-0.15, -0.1) is 0 Å². The second kappa shape index (κ2) is 8.51. The molecule has 0 bridgehead atoms. The second-order valence-electron chi connectivity index (χ2n) is 9.24. The molecule has 1 aliphatic heterocycles. The molecule has 9 nitrogen and oxygen atoms in total. The van der Waals surface area contributed by atoms with Gasteiger partial charge in [0.1, 0.15) is 6.23 Å². The monoisotopic (exact) mass is 458 g/mol. The minimum absolute atomic E-state index is 0.0530. The van der Waals surface area contributed by atoms with Crippen LogP contribution in [-0.4, -0.2) is 49.0 Å². The molecule has 0 radical (unpaired) electrons. The zero-order valence-corrected chi connectivity index (χ0v) is 19.9. The number of ether oxygens (including phenoxy) is 1. The molecule has 0 amide bonds. The summed E-state index contributed by atoms with van der Waals surface area (Å²) in [6.07, 6.45) is 9.38. The van der Waals surface area contributed by atoms with Gasteiger partial charge in [0, 0.05) is 25.7 Å². The Morgan fingerprint density at radius 3 is 2.66 bits per heavy atom. The summed E-state index contributed by atoms with van der Waals surface area (Å²) in [5.41, 5.74) is 2.25. The fraction of sp³-hybridized carbons (Fsp3) is 0.636. The molecule has 0 aromatic carbocycles. The predicted octanol–water partition coefficient (Wildman–Crippen LogP) is 4.93. The van der Waals surface area contributed by atoms with Crippen LogP contribution in [0.15, 0.2) is 12.5 Å². The molecule has 10 heteroatoms. The summed E-state index contributed by atoms with van der Waals surface area (Å²) < 4.78 is 9.89. The first-order chi connectivity index (χ1) is 15.4. The van der Waals surface area contributed by atoms with Crippen LogP contribution in [0.2, 0.25) is 5.15 Å². The van der Waals surface area contributed by atoms with E-state index in [-0.39, 0.29) is 12.3 Å². The van der Waals surface area contributed by atoms with E-state index in [4.69, 9.17) is 31.3 Å². The molecule has 3 aromatic heterocycles. The lowest BCUT2D eigenvalue weighted by molar-refractivity contribution is -0.0298. The number of imidazole rings is 1. The van der Waals surface area contributed by atoms with Crippen LogP contribution in [0.5, 0.6) is 0 Å². The van der Waals surface area contributed by atoms with Crippen molar-refractivity contribution in [2.45, 2.75) is 71.2 Å². The molecule has 1 saturated carbocycles. The van der Waals surface area contributed by atoms with Crippen LogP contribution >= 0.6 is 11.6 Å². The first-order valence-electron chi connectivity index (χ1n) is 11.5. The molecule has 32 heavy (non-hydrogen) atoms. The summed E-state index contributed by atoms with van der Waals surface area (Å²) in [4.78, 5) is 16.7. The normalized spacial score (nSPS) is 20.1. The highest BCUT2D eigenvalue weighted by Gasteiger charge is 2.33. The molecule has 1 N–H and O–H groups in total. The number of nitrogens with one attached hydrogen (secondary N) is 1. The molecule has 4 heterocycles. The number of halogens is 1. The van der Waals surface area contributed by atoms with Gasteiger partial charge in [-0.05, 0) is 58.8 Å². The Hall–Kier alpha value is -2.39. The minimum atomic E-state index is -0.0530. The number of nitrogens with zero attached hydrogens (tertiary/aromatic N) is 7. The maximum Gasteiger partial charge on any atom is 0.231 e. The molecule has 172 valence electrons. The highest BCUT2D eigenvalue weighted by molar-refractivity contribution is 6.32. The predicted molar refractivity (Wildman–Crippen MR) is 126 cm³/mol. The van der Waals surface area contributed by atoms with E-state index in [2.05, 4.69) is 43.1 Å². The third-order valence-corrected chi connectivity index (χ3v) is 6.86. The van der Waals surface area contributed by atoms with Crippen molar-refractivity contribution >= 4 is 40.2 Å². The SMILES string of the molecule is CC(C1CC1)N(C)c1nc(Nc2cn(C(C)C)nc2Cl)nc2c1ncn2C1CCCCO1. The van der Waals surface area contributed by atoms with Gasteiger partial charge in [-0.25, -0.2) is 4.98 Å². The molecule has 3 aromatic rings. The quantitative estimate of drug-likeness (QED) is 0.536. The van der Waals surface area contributed by atoms with Crippen molar-refractivity contribution in [2.75, 3.05) is 23.9 Å². The largest absolute Gasteiger partial charge is 0.358 e. The highest BCUT2D eigenvalue weighted by Crippen LogP contribution is 2.38. The first kappa shape index (κ1) is 21.5. The molecular weight excluding hydrogens is 428 g/mol. The van der Waals surface area contributed by atoms with Crippen LogP contribution < -0.4 is 10.2 Å². The van der Waals surface area contributed by atoms with E-state index >= 15 is 0 Å². The van der Waals surface area contributed by atoms with Gasteiger partial charge in [0.2, 0.25) is 5.95 Å². The van der Waals surface area contributed by atoms with E-state index in [0.29, 0.717) is 28.7 Å². The van der Waals surface area contributed by atoms with Gasteiger partial charge < -0.3 is 15.0 Å². The molecule has 0 spiro atoms. The third-order valence-electron chi connectivity index (χ3n) is 6.58. The number of fused-ring (bicyclic) bond motifs is 1. The molecule has 2 aliphatic rings. The number of rotatable bonds is 7. The molecule has 1 saturated heterocycles. The van der Waals surface area contributed by atoms with Crippen molar-refractivity contribution in [3.63, 3.8) is 0 Å². The average Bonchev–Trinajstić information content (AvgIpc) is 3.46. The summed E-state index contributed by atoms with van der Waals surface area (Å²) in [5.74, 6) is 1.99. The van der Waals surface area contributed by atoms with E-state index < -0.39 is 0 Å². The van der Waals surface area contributed by atoms with Crippen molar-refractivity contribution in [1.29, 1.82) is 0 Å². The summed E-state index contributed by atoms with van der Waals surface area (Å²) in [6, 6.07) is 0.585. The van der Waals surface area contributed by atoms with E-state index in [1.54, 1.807) is 0 Å². The van der Waals surface area contributed by atoms with Crippen molar-refractivity contribution in [2.24, 2.45) is 5.92 Å². The van der Waals surface area contributed by atoms with E-state index in [1.165, 1.54) is 12.8 Å². The number of anilines is 3. The van der Waals surface area contributed by atoms with Gasteiger partial charge in [-0.2, -0.15) is 15.1 Å². The summed E-state index contributed by atoms with van der Waals surface area (Å²) in [5, 5.41) is 8.07. The lowest BCUT2D eigenvalue weighted by atomic mass is 10.2. The summed E-state index contributed by atoms with van der Waals surface area (Å²) in [6.45, 7) is 7.13. The fourth-order valence-electron chi connectivity index (χ4n) is 4.28. The fourth-order valence-corrected chi connectivity index (χ4v) is 4.47. The van der Waals surface area contributed by atoms with Crippen molar-refractivity contribution in [1.82, 2.24) is 29.3 Å². The smallest absolute Gasteiger partial charge is 0.231 e. The topological polar surface area (TPSA) is 85.9 Å². The van der Waals surface area contributed by atoms with Gasteiger partial charge in [0.15, 0.2) is 22.1 Å². The maximum atomic E-state index is 6.39. The van der Waals surface area contributed by atoms with Crippen LogP contribution in [-0.2, 0) is 4.74 Å². The Labute approximate surface area is 193 Å². The summed E-state index contributed by atoms with van der Waals surface area (Å²) in [7, 11) is 2.09. The van der Waals surface area contributed by atoms with E-state index in [0.717, 1.165) is 42.9 Å². The van der Waals surface area contributed by atoms with Gasteiger partial charge in [-0.1, -0.05) is 11.6 Å². The van der Waals surface area contributed by atoms with Crippen LogP contribution in [0.25, 0.3) is 11.2 Å². The Bertz CT molecular complexity index is 1100. The maximum absolute atomic E-state index is 6.39. The second-order valence-corrected chi connectivity index (χ2v) is 9.60. The van der Waals surface area contributed by atoms with Crippen LogP contribution in [0.4, 0.5) is 17.5 Å². The number of hydrogen-bond acceptors (Lipinski definition) is 7. The lowest BCUT2D eigenvalue weighted by Crippen LogP contribution is -2.31. The molecule has 1 aliphatic carbocycles. The van der Waals surface area contributed by atoms with Gasteiger partial charge in [0.25, 0.3) is 0 Å². The van der Waals surface area contributed by atoms with Crippen molar-refractivity contribution in [3.05, 3.63) is 17.7 Å². The van der Waals surface area contributed by atoms with E-state index in [9.17, 15) is 0 Å². The molecule has 2 unspecified atom stereocenters. The van der Waals surface area contributed by atoms with Crippen LogP contribution in [0, 0.1) is 5.92 Å². The molecular formula is C22H31ClN8O. The molecule has 5 rings (SSSR count). The van der Waals surface area contributed by atoms with E-state index in [1.807, 2.05) is 21.8 Å². The Morgan fingerprint density at radius 2 is 2.00 bits per heavy atom. The van der Waals surface area contributed by atoms with Crippen molar-refractivity contribution < 1.29 is 4.74 Å². The zero-order valence-electron chi connectivity index (χ0n) is 19.1. The zero-order chi connectivity index (χ0) is 22.4. The lowest BCUT2D eigenvalue weighted by Gasteiger charge is -2.27. The van der Waals surface area contributed by atoms with Gasteiger partial charge in [0.05, 0.1) is 18.2 Å². The van der Waals surface area contributed by atoms with Crippen LogP contribution in [0.1, 0.15) is 65.1 Å². The Morgan fingerprint density at radius 1 is 1.19 bits per heavy atom. The average molecular weight is 459 g/mol. The Kier molecular flexibility index (Phi) is 5.71. The third kappa shape index (κ3) is 4.03. The Balaban J connectivity index is 1.57. The van der Waals surface area contributed by atoms with Crippen molar-refractivity contribution in [3.8, 4) is 0 Å².